The summed E-state index contributed by atoms with van der Waals surface area (Å²) in [5.74, 6) is 0. The van der Waals surface area contributed by atoms with Gasteiger partial charge in [0.2, 0.25) is 0 Å². The number of nitrogens with zero attached hydrogens (tertiary/aromatic N) is 2. The fourth-order valence-electron chi connectivity index (χ4n) is 12.0. The van der Waals surface area contributed by atoms with Crippen molar-refractivity contribution < 1.29 is 4.42 Å². The molecule has 0 aliphatic carbocycles. The lowest BCUT2D eigenvalue weighted by Crippen LogP contribution is -1.94. The Morgan fingerprint density at radius 3 is 1.54 bits per heavy atom. The van der Waals surface area contributed by atoms with Crippen molar-refractivity contribution in [2.75, 3.05) is 0 Å². The van der Waals surface area contributed by atoms with Gasteiger partial charge in [-0.1, -0.05) is 152 Å². The molecule has 16 aromatic rings. The van der Waals surface area contributed by atoms with Crippen LogP contribution in [-0.4, -0.2) is 9.13 Å². The van der Waals surface area contributed by atoms with Crippen molar-refractivity contribution in [3.8, 4) is 55.9 Å². The van der Waals surface area contributed by atoms with Gasteiger partial charge in [-0.15, -0.1) is 11.3 Å². The maximum Gasteiger partial charge on any atom is 0.135 e. The van der Waals surface area contributed by atoms with Gasteiger partial charge < -0.3 is 13.6 Å². The number of hydrogen-bond donors (Lipinski definition) is 0. The molecule has 4 heteroatoms. The highest BCUT2D eigenvalue weighted by atomic mass is 32.1. The van der Waals surface area contributed by atoms with E-state index in [0.29, 0.717) is 0 Å². The second kappa shape index (κ2) is 16.0. The van der Waals surface area contributed by atoms with E-state index in [0.717, 1.165) is 49.9 Å². The number of thiophene rings is 1. The standard InChI is InChI=1S/C70H42N2OS/c1-2-11-43(12-3-1)46-14-10-15-53(37-46)72-62-31-24-48(38-57(62)58-39-49(25-32-63(58)72)51-27-35-67-59(40-51)55-17-6-8-19-66(55)73-67)50-26-33-64-61(42-50)70-54-16-5-4-13-45(54)23-34-65(70)71(64)52-29-21-44(22-30-52)47-28-36-69-60(41-47)56-18-7-9-20-68(56)74-69/h1-42H. The van der Waals surface area contributed by atoms with Crippen LogP contribution in [0.25, 0.3) is 152 Å². The average molecular weight is 959 g/mol. The van der Waals surface area contributed by atoms with Crippen LogP contribution >= 0.6 is 11.3 Å². The number of aromatic nitrogens is 2. The van der Waals surface area contributed by atoms with E-state index >= 15 is 0 Å². The summed E-state index contributed by atoms with van der Waals surface area (Å²) in [4.78, 5) is 0. The van der Waals surface area contributed by atoms with Gasteiger partial charge in [0.1, 0.15) is 11.2 Å². The number of para-hydroxylation sites is 1. The minimum absolute atomic E-state index is 0.901. The van der Waals surface area contributed by atoms with E-state index in [9.17, 15) is 0 Å². The zero-order valence-corrected chi connectivity index (χ0v) is 40.8. The van der Waals surface area contributed by atoms with Crippen LogP contribution in [0.15, 0.2) is 259 Å². The first-order valence-corrected chi connectivity index (χ1v) is 26.1. The largest absolute Gasteiger partial charge is 0.456 e. The van der Waals surface area contributed by atoms with Crippen LogP contribution in [0, 0.1) is 0 Å². The Morgan fingerprint density at radius 1 is 0.257 bits per heavy atom. The van der Waals surface area contributed by atoms with E-state index in [-0.39, 0.29) is 0 Å². The lowest BCUT2D eigenvalue weighted by Gasteiger charge is -2.11. The molecule has 3 nitrogen and oxygen atoms in total. The molecule has 0 fully saturated rings. The van der Waals surface area contributed by atoms with Gasteiger partial charge in [0, 0.05) is 63.9 Å². The van der Waals surface area contributed by atoms with Gasteiger partial charge in [0.25, 0.3) is 0 Å². The van der Waals surface area contributed by atoms with Crippen LogP contribution in [0.3, 0.4) is 0 Å². The normalized spacial score (nSPS) is 12.1. The first-order valence-electron chi connectivity index (χ1n) is 25.3. The zero-order chi connectivity index (χ0) is 48.4. The second-order valence-corrected chi connectivity index (χ2v) is 20.7. The summed E-state index contributed by atoms with van der Waals surface area (Å²) in [5, 5.41) is 12.3. The minimum atomic E-state index is 0.901. The molecule has 0 unspecified atom stereocenters. The van der Waals surface area contributed by atoms with Crippen molar-refractivity contribution in [3.05, 3.63) is 255 Å². The number of hydrogen-bond acceptors (Lipinski definition) is 2. The fourth-order valence-corrected chi connectivity index (χ4v) is 13.1. The van der Waals surface area contributed by atoms with Gasteiger partial charge in [-0.05, 0) is 158 Å². The van der Waals surface area contributed by atoms with Gasteiger partial charge in [-0.3, -0.25) is 0 Å². The molecule has 344 valence electrons. The molecule has 4 heterocycles. The Morgan fingerprint density at radius 2 is 0.757 bits per heavy atom. The summed E-state index contributed by atoms with van der Waals surface area (Å²) >= 11 is 1.86. The lowest BCUT2D eigenvalue weighted by atomic mass is 9.98. The Labute approximate surface area is 429 Å². The number of furan rings is 1. The number of benzene rings is 12. The van der Waals surface area contributed by atoms with E-state index in [1.54, 1.807) is 0 Å². The summed E-state index contributed by atoms with van der Waals surface area (Å²) in [7, 11) is 0. The molecular formula is C70H42N2OS. The molecule has 0 aliphatic rings. The van der Waals surface area contributed by atoms with Crippen LogP contribution in [-0.2, 0) is 0 Å². The molecule has 0 spiro atoms. The predicted octanol–water partition coefficient (Wildman–Crippen LogP) is 20.0. The van der Waals surface area contributed by atoms with Crippen molar-refractivity contribution in [1.82, 2.24) is 9.13 Å². The van der Waals surface area contributed by atoms with Gasteiger partial charge in [0.05, 0.1) is 22.1 Å². The van der Waals surface area contributed by atoms with Crippen molar-refractivity contribution in [3.63, 3.8) is 0 Å². The first kappa shape index (κ1) is 41.2. The molecule has 0 amide bonds. The Hall–Kier alpha value is -9.48. The first-order chi connectivity index (χ1) is 36.6. The molecule has 4 aromatic heterocycles. The van der Waals surface area contributed by atoms with E-state index in [1.165, 1.54) is 102 Å². The average Bonchev–Trinajstić information content (AvgIpc) is 4.22. The SMILES string of the molecule is c1ccc(-c2cccc(-n3c4ccc(-c5ccc6oc7ccccc7c6c5)cc4c4cc(-c5ccc6c(c5)c5c7ccccc7ccc5n6-c5ccc(-c6ccc7sc8ccccc8c7c6)cc5)ccc43)c2)cc1. The monoisotopic (exact) mass is 958 g/mol. The number of rotatable bonds is 6. The second-order valence-electron chi connectivity index (χ2n) is 19.6. The quantitative estimate of drug-likeness (QED) is 0.163. The third-order valence-corrected chi connectivity index (χ3v) is 16.7. The van der Waals surface area contributed by atoms with Crippen LogP contribution < -0.4 is 0 Å². The molecule has 0 bridgehead atoms. The topological polar surface area (TPSA) is 23.0 Å². The van der Waals surface area contributed by atoms with Gasteiger partial charge in [-0.2, -0.15) is 0 Å². The minimum Gasteiger partial charge on any atom is -0.456 e. The Kier molecular flexibility index (Phi) is 8.91. The van der Waals surface area contributed by atoms with Crippen LogP contribution in [0.1, 0.15) is 0 Å². The molecule has 0 saturated carbocycles. The van der Waals surface area contributed by atoms with Gasteiger partial charge >= 0.3 is 0 Å². The Balaban J connectivity index is 0.862. The van der Waals surface area contributed by atoms with E-state index in [4.69, 9.17) is 4.42 Å². The van der Waals surface area contributed by atoms with E-state index in [1.807, 2.05) is 23.5 Å². The van der Waals surface area contributed by atoms with Crippen LogP contribution in [0.4, 0.5) is 0 Å². The molecule has 0 radical (unpaired) electrons. The van der Waals surface area contributed by atoms with Crippen LogP contribution in [0.2, 0.25) is 0 Å². The summed E-state index contributed by atoms with van der Waals surface area (Å²) in [6, 6.07) is 93.8. The fraction of sp³-hybridized carbons (Fsp3) is 0. The summed E-state index contributed by atoms with van der Waals surface area (Å²) in [6.07, 6.45) is 0. The summed E-state index contributed by atoms with van der Waals surface area (Å²) in [6.45, 7) is 0. The van der Waals surface area contributed by atoms with Crippen molar-refractivity contribution >= 4 is 108 Å². The van der Waals surface area contributed by atoms with Crippen molar-refractivity contribution in [2.45, 2.75) is 0 Å². The highest BCUT2D eigenvalue weighted by Gasteiger charge is 2.20. The molecule has 0 saturated heterocycles. The Bertz CT molecular complexity index is 4950. The summed E-state index contributed by atoms with van der Waals surface area (Å²) < 4.78 is 13.8. The van der Waals surface area contributed by atoms with E-state index in [2.05, 4.69) is 252 Å². The zero-order valence-electron chi connectivity index (χ0n) is 40.0. The molecule has 0 atom stereocenters. The maximum absolute atomic E-state index is 6.25. The van der Waals surface area contributed by atoms with Gasteiger partial charge in [0.15, 0.2) is 0 Å². The molecule has 16 rings (SSSR count). The maximum atomic E-state index is 6.25. The molecule has 74 heavy (non-hydrogen) atoms. The third kappa shape index (κ3) is 6.32. The lowest BCUT2D eigenvalue weighted by molar-refractivity contribution is 0.669. The summed E-state index contributed by atoms with van der Waals surface area (Å²) in [5.41, 5.74) is 18.3. The highest BCUT2D eigenvalue weighted by molar-refractivity contribution is 7.25. The van der Waals surface area contributed by atoms with E-state index < -0.39 is 0 Å². The van der Waals surface area contributed by atoms with Crippen molar-refractivity contribution in [1.29, 1.82) is 0 Å². The highest BCUT2D eigenvalue weighted by Crippen LogP contribution is 2.43. The molecule has 0 aliphatic heterocycles. The number of fused-ring (bicyclic) bond motifs is 14. The van der Waals surface area contributed by atoms with Crippen LogP contribution in [0.5, 0.6) is 0 Å². The van der Waals surface area contributed by atoms with Crippen molar-refractivity contribution in [2.24, 2.45) is 0 Å². The molecular weight excluding hydrogens is 917 g/mol. The smallest absolute Gasteiger partial charge is 0.135 e. The predicted molar refractivity (Wildman–Crippen MR) is 315 cm³/mol. The molecule has 0 N–H and O–H groups in total. The third-order valence-electron chi connectivity index (χ3n) is 15.5. The molecule has 12 aromatic carbocycles. The van der Waals surface area contributed by atoms with Gasteiger partial charge in [-0.25, -0.2) is 0 Å².